The Morgan fingerprint density at radius 2 is 1.42 bits per heavy atom. The second-order valence-electron chi connectivity index (χ2n) is 7.36. The lowest BCUT2D eigenvalue weighted by molar-refractivity contribution is 1.27. The molecule has 0 N–H and O–H groups in total. The van der Waals surface area contributed by atoms with Crippen LogP contribution in [0.25, 0.3) is 39.3 Å². The fraction of sp³-hybridized carbons (Fsp3) is 0.0769. The molecule has 0 atom stereocenters. The van der Waals surface area contributed by atoms with Crippen molar-refractivity contribution < 1.29 is 0 Å². The molecule has 0 heterocycles. The van der Waals surface area contributed by atoms with E-state index in [0.717, 1.165) is 12.8 Å². The van der Waals surface area contributed by atoms with E-state index in [-0.39, 0.29) is 0 Å². The first-order valence-corrected chi connectivity index (χ1v) is 9.31. The van der Waals surface area contributed by atoms with Crippen LogP contribution in [0.15, 0.2) is 72.8 Å². The molecule has 0 saturated heterocycles. The second kappa shape index (κ2) is 5.19. The maximum absolute atomic E-state index is 2.40. The third kappa shape index (κ3) is 1.90. The summed E-state index contributed by atoms with van der Waals surface area (Å²) in [7, 11) is 0. The van der Waals surface area contributed by atoms with Crippen molar-refractivity contribution in [3.8, 4) is 0 Å². The SMILES string of the molecule is C1=Cc2c(C3=Cc4cccc5cccc(c45)C3)ccc3cccc(c23)C1. The first-order chi connectivity index (χ1) is 12.9. The van der Waals surface area contributed by atoms with Crippen LogP contribution in [0.5, 0.6) is 0 Å². The molecule has 122 valence electrons. The van der Waals surface area contributed by atoms with Gasteiger partial charge in [-0.3, -0.25) is 0 Å². The Balaban J connectivity index is 1.64. The minimum absolute atomic E-state index is 1.00. The van der Waals surface area contributed by atoms with Gasteiger partial charge in [0.1, 0.15) is 0 Å². The van der Waals surface area contributed by atoms with Crippen LogP contribution < -0.4 is 0 Å². The average molecular weight is 330 g/mol. The van der Waals surface area contributed by atoms with Gasteiger partial charge in [0.25, 0.3) is 0 Å². The van der Waals surface area contributed by atoms with E-state index >= 15 is 0 Å². The van der Waals surface area contributed by atoms with Crippen molar-refractivity contribution in [1.29, 1.82) is 0 Å². The van der Waals surface area contributed by atoms with Crippen LogP contribution in [0.4, 0.5) is 0 Å². The third-order valence-electron chi connectivity index (χ3n) is 5.87. The summed E-state index contributed by atoms with van der Waals surface area (Å²) < 4.78 is 0. The zero-order valence-electron chi connectivity index (χ0n) is 14.5. The predicted octanol–water partition coefficient (Wildman–Crippen LogP) is 6.66. The smallest absolute Gasteiger partial charge is 0.00130 e. The van der Waals surface area contributed by atoms with Gasteiger partial charge in [-0.25, -0.2) is 0 Å². The Morgan fingerprint density at radius 3 is 2.31 bits per heavy atom. The molecule has 4 aromatic carbocycles. The molecule has 26 heavy (non-hydrogen) atoms. The zero-order valence-corrected chi connectivity index (χ0v) is 14.5. The Hall–Kier alpha value is -3.12. The molecule has 0 aliphatic heterocycles. The zero-order chi connectivity index (χ0) is 17.1. The molecule has 0 aromatic heterocycles. The quantitative estimate of drug-likeness (QED) is 0.366. The molecule has 0 amide bonds. The van der Waals surface area contributed by atoms with E-state index in [9.17, 15) is 0 Å². The minimum Gasteiger partial charge on any atom is -0.0795 e. The van der Waals surface area contributed by atoms with Crippen molar-refractivity contribution in [1.82, 2.24) is 0 Å². The molecule has 0 heteroatoms. The van der Waals surface area contributed by atoms with Gasteiger partial charge < -0.3 is 0 Å². The van der Waals surface area contributed by atoms with E-state index in [0.29, 0.717) is 0 Å². The van der Waals surface area contributed by atoms with Crippen LogP contribution in [0.1, 0.15) is 27.8 Å². The summed E-state index contributed by atoms with van der Waals surface area (Å²) in [5, 5.41) is 5.55. The van der Waals surface area contributed by atoms with Crippen LogP contribution in [-0.4, -0.2) is 0 Å². The van der Waals surface area contributed by atoms with Crippen molar-refractivity contribution in [2.45, 2.75) is 12.8 Å². The van der Waals surface area contributed by atoms with E-state index in [1.165, 1.54) is 54.9 Å². The number of allylic oxidation sites excluding steroid dienone is 2. The highest BCUT2D eigenvalue weighted by Crippen LogP contribution is 2.39. The van der Waals surface area contributed by atoms with Gasteiger partial charge >= 0.3 is 0 Å². The van der Waals surface area contributed by atoms with E-state index in [4.69, 9.17) is 0 Å². The molecule has 2 aliphatic carbocycles. The number of rotatable bonds is 1. The van der Waals surface area contributed by atoms with Gasteiger partial charge in [-0.05, 0) is 67.8 Å². The standard InChI is InChI=1S/C26H18/c1-7-18-9-4-12-24-23(14-13-19(8-1)26(18)24)22-15-20-10-2-5-17-6-3-11-21(16-22)25(17)20/h1-8,10-15H,9,16H2. The van der Waals surface area contributed by atoms with Crippen molar-refractivity contribution in [3.63, 3.8) is 0 Å². The summed E-state index contributed by atoms with van der Waals surface area (Å²) in [6.07, 6.45) is 9.07. The van der Waals surface area contributed by atoms with Crippen LogP contribution in [0.2, 0.25) is 0 Å². The van der Waals surface area contributed by atoms with Gasteiger partial charge in [-0.1, -0.05) is 85.0 Å². The van der Waals surface area contributed by atoms with Crippen LogP contribution in [-0.2, 0) is 12.8 Å². The topological polar surface area (TPSA) is 0 Å². The Kier molecular flexibility index (Phi) is 2.81. The lowest BCUT2D eigenvalue weighted by Gasteiger charge is -2.22. The molecular weight excluding hydrogens is 312 g/mol. The fourth-order valence-corrected chi connectivity index (χ4v) is 4.75. The Labute approximate surface area is 153 Å². The predicted molar refractivity (Wildman–Crippen MR) is 112 cm³/mol. The molecule has 0 bridgehead atoms. The highest BCUT2D eigenvalue weighted by atomic mass is 14.2. The Bertz CT molecular complexity index is 1260. The average Bonchev–Trinajstić information content (AvgIpc) is 2.69. The largest absolute Gasteiger partial charge is 0.0795 e. The fourth-order valence-electron chi connectivity index (χ4n) is 4.75. The molecule has 0 radical (unpaired) electrons. The molecule has 0 fully saturated rings. The molecule has 4 aromatic rings. The van der Waals surface area contributed by atoms with Gasteiger partial charge in [0.2, 0.25) is 0 Å². The summed E-state index contributed by atoms with van der Waals surface area (Å²) in [4.78, 5) is 0. The van der Waals surface area contributed by atoms with Gasteiger partial charge in [0, 0.05) is 0 Å². The third-order valence-corrected chi connectivity index (χ3v) is 5.87. The van der Waals surface area contributed by atoms with Crippen molar-refractivity contribution >= 4 is 39.3 Å². The molecule has 6 rings (SSSR count). The van der Waals surface area contributed by atoms with Crippen LogP contribution in [0.3, 0.4) is 0 Å². The van der Waals surface area contributed by atoms with Crippen LogP contribution in [0, 0.1) is 0 Å². The second-order valence-corrected chi connectivity index (χ2v) is 7.36. The first kappa shape index (κ1) is 14.1. The summed E-state index contributed by atoms with van der Waals surface area (Å²) in [5.41, 5.74) is 8.43. The van der Waals surface area contributed by atoms with E-state index < -0.39 is 0 Å². The highest BCUT2D eigenvalue weighted by Gasteiger charge is 2.19. The van der Waals surface area contributed by atoms with E-state index in [1.54, 1.807) is 0 Å². The van der Waals surface area contributed by atoms with Crippen molar-refractivity contribution in [2.75, 3.05) is 0 Å². The van der Waals surface area contributed by atoms with E-state index in [1.807, 2.05) is 0 Å². The summed E-state index contributed by atoms with van der Waals surface area (Å²) in [5.74, 6) is 0. The van der Waals surface area contributed by atoms with E-state index in [2.05, 4.69) is 85.0 Å². The monoisotopic (exact) mass is 330 g/mol. The van der Waals surface area contributed by atoms with Crippen LogP contribution >= 0.6 is 0 Å². The van der Waals surface area contributed by atoms with Crippen molar-refractivity contribution in [3.05, 3.63) is 101 Å². The lowest BCUT2D eigenvalue weighted by Crippen LogP contribution is -2.02. The Morgan fingerprint density at radius 1 is 0.654 bits per heavy atom. The van der Waals surface area contributed by atoms with Gasteiger partial charge in [0.05, 0.1) is 0 Å². The minimum atomic E-state index is 1.00. The lowest BCUT2D eigenvalue weighted by atomic mass is 9.82. The number of hydrogen-bond donors (Lipinski definition) is 0. The highest BCUT2D eigenvalue weighted by molar-refractivity contribution is 6.06. The van der Waals surface area contributed by atoms with Gasteiger partial charge in [0.15, 0.2) is 0 Å². The molecule has 0 spiro atoms. The maximum atomic E-state index is 2.40. The number of benzene rings is 4. The summed E-state index contributed by atoms with van der Waals surface area (Å²) in [6, 6.07) is 24.6. The van der Waals surface area contributed by atoms with Gasteiger partial charge in [-0.2, -0.15) is 0 Å². The maximum Gasteiger partial charge on any atom is -0.00130 e. The van der Waals surface area contributed by atoms with Gasteiger partial charge in [-0.15, -0.1) is 0 Å². The summed E-state index contributed by atoms with van der Waals surface area (Å²) >= 11 is 0. The normalized spacial score (nSPS) is 14.7. The molecular formula is C26H18. The number of hydrogen-bond acceptors (Lipinski definition) is 0. The molecule has 0 nitrogen and oxygen atoms in total. The molecule has 2 aliphatic rings. The molecule has 0 saturated carbocycles. The first-order valence-electron chi connectivity index (χ1n) is 9.31. The van der Waals surface area contributed by atoms with Crippen molar-refractivity contribution in [2.24, 2.45) is 0 Å². The summed E-state index contributed by atoms with van der Waals surface area (Å²) in [6.45, 7) is 0. The molecule has 0 unspecified atom stereocenters.